The molecule has 4 nitrogen and oxygen atoms in total. The van der Waals surface area contributed by atoms with E-state index in [4.69, 9.17) is 0 Å². The van der Waals surface area contributed by atoms with E-state index in [-0.39, 0.29) is 0 Å². The van der Waals surface area contributed by atoms with Crippen molar-refractivity contribution in [2.45, 2.75) is 5.60 Å². The summed E-state index contributed by atoms with van der Waals surface area (Å²) in [6.45, 7) is 0. The predicted octanol–water partition coefficient (Wildman–Crippen LogP) is 3.88. The van der Waals surface area contributed by atoms with E-state index in [0.717, 1.165) is 19.8 Å². The van der Waals surface area contributed by atoms with Gasteiger partial charge < -0.3 is 15.4 Å². The molecule has 0 saturated heterocycles. The highest BCUT2D eigenvalue weighted by Gasteiger charge is 2.49. The number of nitrogens with one attached hydrogen (secondary N) is 2. The molecular formula is C16H10Br2N2O2. The van der Waals surface area contributed by atoms with Gasteiger partial charge in [-0.1, -0.05) is 34.1 Å². The monoisotopic (exact) mass is 420 g/mol. The summed E-state index contributed by atoms with van der Waals surface area (Å²) in [7, 11) is 0. The van der Waals surface area contributed by atoms with Crippen LogP contribution in [0.3, 0.4) is 0 Å². The maximum absolute atomic E-state index is 12.5. The van der Waals surface area contributed by atoms with E-state index in [2.05, 4.69) is 42.2 Å². The van der Waals surface area contributed by atoms with E-state index in [1.54, 1.807) is 12.3 Å². The van der Waals surface area contributed by atoms with Crippen molar-refractivity contribution in [3.8, 4) is 0 Å². The molecule has 0 unspecified atom stereocenters. The molecule has 1 aromatic heterocycles. The first-order valence-corrected chi connectivity index (χ1v) is 8.20. The smallest absolute Gasteiger partial charge is 0.265 e. The average molecular weight is 422 g/mol. The number of aromatic amines is 1. The first-order chi connectivity index (χ1) is 10.5. The highest BCUT2D eigenvalue weighted by atomic mass is 79.9. The van der Waals surface area contributed by atoms with Gasteiger partial charge in [-0.2, -0.15) is 0 Å². The van der Waals surface area contributed by atoms with Crippen LogP contribution in [-0.4, -0.2) is 16.0 Å². The highest BCUT2D eigenvalue weighted by Crippen LogP contribution is 2.47. The van der Waals surface area contributed by atoms with Gasteiger partial charge in [0.2, 0.25) is 0 Å². The number of fused-ring (bicyclic) bond motifs is 2. The number of rotatable bonds is 1. The number of hydrogen-bond donors (Lipinski definition) is 3. The van der Waals surface area contributed by atoms with Crippen LogP contribution in [0.15, 0.2) is 51.5 Å². The number of carbonyl (C=O) groups excluding carboxylic acids is 1. The van der Waals surface area contributed by atoms with Gasteiger partial charge in [-0.25, -0.2) is 0 Å². The van der Waals surface area contributed by atoms with Crippen LogP contribution >= 0.6 is 31.9 Å². The minimum atomic E-state index is -1.72. The first-order valence-electron chi connectivity index (χ1n) is 6.62. The summed E-state index contributed by atoms with van der Waals surface area (Å²) in [6, 6.07) is 11.2. The van der Waals surface area contributed by atoms with Crippen molar-refractivity contribution >= 4 is 54.4 Å². The highest BCUT2D eigenvalue weighted by molar-refractivity contribution is 9.11. The molecule has 3 aromatic rings. The summed E-state index contributed by atoms with van der Waals surface area (Å²) in [6.07, 6.45) is 1.69. The third kappa shape index (κ3) is 1.74. The topological polar surface area (TPSA) is 65.1 Å². The van der Waals surface area contributed by atoms with E-state index in [0.29, 0.717) is 16.8 Å². The Balaban J connectivity index is 2.05. The maximum Gasteiger partial charge on any atom is 0.265 e. The molecule has 0 radical (unpaired) electrons. The standard InChI is InChI=1S/C16H10Br2N2O2/c17-8-5-10-14(12(18)6-8)20-15(21)16(10,22)11-7-19-13-4-2-1-3-9(11)13/h1-7,19,22H,(H,20,21)/t16-/m0/s1. The number of benzene rings is 2. The second-order valence-corrected chi connectivity index (χ2v) is 6.99. The van der Waals surface area contributed by atoms with Crippen molar-refractivity contribution in [2.75, 3.05) is 5.32 Å². The summed E-state index contributed by atoms with van der Waals surface area (Å²) in [4.78, 5) is 15.7. The number of halogens is 2. The van der Waals surface area contributed by atoms with Crippen molar-refractivity contribution in [1.82, 2.24) is 4.98 Å². The Morgan fingerprint density at radius 3 is 2.68 bits per heavy atom. The summed E-state index contributed by atoms with van der Waals surface area (Å²) in [5.41, 5.74) is 0.830. The molecular weight excluding hydrogens is 412 g/mol. The number of carbonyl (C=O) groups is 1. The Morgan fingerprint density at radius 1 is 1.09 bits per heavy atom. The normalized spacial score (nSPS) is 20.2. The zero-order chi connectivity index (χ0) is 15.5. The molecule has 1 amide bonds. The Hall–Kier alpha value is -1.63. The number of hydrogen-bond acceptors (Lipinski definition) is 2. The van der Waals surface area contributed by atoms with Crippen LogP contribution in [0.25, 0.3) is 10.9 Å². The second-order valence-electron chi connectivity index (χ2n) is 5.22. The summed E-state index contributed by atoms with van der Waals surface area (Å²) >= 11 is 6.84. The third-order valence-corrected chi connectivity index (χ3v) is 5.07. The molecule has 3 N–H and O–H groups in total. The minimum Gasteiger partial charge on any atom is -0.372 e. The van der Waals surface area contributed by atoms with Crippen LogP contribution in [0.2, 0.25) is 0 Å². The lowest BCUT2D eigenvalue weighted by Gasteiger charge is -2.20. The van der Waals surface area contributed by atoms with Gasteiger partial charge in [0.15, 0.2) is 5.60 Å². The van der Waals surface area contributed by atoms with Crippen molar-refractivity contribution in [1.29, 1.82) is 0 Å². The molecule has 6 heteroatoms. The molecule has 1 aliphatic heterocycles. The molecule has 22 heavy (non-hydrogen) atoms. The lowest BCUT2D eigenvalue weighted by Crippen LogP contribution is -2.35. The Kier molecular flexibility index (Phi) is 2.98. The number of amides is 1. The molecule has 1 aliphatic rings. The molecule has 0 spiro atoms. The van der Waals surface area contributed by atoms with Gasteiger partial charge in [-0.3, -0.25) is 4.79 Å². The molecule has 0 fully saturated rings. The van der Waals surface area contributed by atoms with E-state index in [1.807, 2.05) is 30.3 Å². The van der Waals surface area contributed by atoms with Crippen LogP contribution in [0.1, 0.15) is 11.1 Å². The molecule has 2 aromatic carbocycles. The number of para-hydroxylation sites is 1. The first kappa shape index (κ1) is 14.0. The molecule has 0 aliphatic carbocycles. The fourth-order valence-corrected chi connectivity index (χ4v) is 4.27. The fourth-order valence-electron chi connectivity index (χ4n) is 2.95. The molecule has 0 bridgehead atoms. The van der Waals surface area contributed by atoms with Crippen molar-refractivity contribution < 1.29 is 9.90 Å². The summed E-state index contributed by atoms with van der Waals surface area (Å²) < 4.78 is 1.51. The summed E-state index contributed by atoms with van der Waals surface area (Å²) in [5, 5.41) is 14.8. The van der Waals surface area contributed by atoms with Gasteiger partial charge in [0.25, 0.3) is 5.91 Å². The van der Waals surface area contributed by atoms with Crippen LogP contribution < -0.4 is 5.32 Å². The lowest BCUT2D eigenvalue weighted by molar-refractivity contribution is -0.129. The molecule has 2 heterocycles. The van der Waals surface area contributed by atoms with Crippen molar-refractivity contribution in [2.24, 2.45) is 0 Å². The van der Waals surface area contributed by atoms with E-state index >= 15 is 0 Å². The van der Waals surface area contributed by atoms with Gasteiger partial charge in [0, 0.05) is 37.2 Å². The van der Waals surface area contributed by atoms with Gasteiger partial charge in [-0.05, 0) is 34.1 Å². The Bertz CT molecular complexity index is 935. The quantitative estimate of drug-likeness (QED) is 0.558. The van der Waals surface area contributed by atoms with Crippen LogP contribution in [0.5, 0.6) is 0 Å². The number of aromatic nitrogens is 1. The average Bonchev–Trinajstić information content (AvgIpc) is 3.02. The Labute approximate surface area is 142 Å². The van der Waals surface area contributed by atoms with E-state index in [9.17, 15) is 9.90 Å². The van der Waals surface area contributed by atoms with Crippen molar-refractivity contribution in [3.63, 3.8) is 0 Å². The summed E-state index contributed by atoms with van der Waals surface area (Å²) in [5.74, 6) is -0.453. The molecule has 4 rings (SSSR count). The minimum absolute atomic E-state index is 0.453. The van der Waals surface area contributed by atoms with Crippen LogP contribution in [0.4, 0.5) is 5.69 Å². The zero-order valence-corrected chi connectivity index (χ0v) is 14.3. The molecule has 0 saturated carbocycles. The number of aliphatic hydroxyl groups is 1. The maximum atomic E-state index is 12.5. The lowest BCUT2D eigenvalue weighted by atomic mass is 9.87. The van der Waals surface area contributed by atoms with Gasteiger partial charge in [-0.15, -0.1) is 0 Å². The van der Waals surface area contributed by atoms with E-state index < -0.39 is 11.5 Å². The van der Waals surface area contributed by atoms with E-state index in [1.165, 1.54) is 0 Å². The van der Waals surface area contributed by atoms with Crippen LogP contribution in [-0.2, 0) is 10.4 Å². The van der Waals surface area contributed by atoms with Crippen LogP contribution in [0, 0.1) is 0 Å². The SMILES string of the molecule is O=C1Nc2c(Br)cc(Br)cc2[C@]1(O)c1c[nH]c2ccccc12. The predicted molar refractivity (Wildman–Crippen MR) is 91.8 cm³/mol. The Morgan fingerprint density at radius 2 is 1.86 bits per heavy atom. The largest absolute Gasteiger partial charge is 0.372 e. The molecule has 110 valence electrons. The third-order valence-electron chi connectivity index (χ3n) is 3.99. The fraction of sp³-hybridized carbons (Fsp3) is 0.0625. The van der Waals surface area contributed by atoms with Crippen molar-refractivity contribution in [3.05, 3.63) is 62.7 Å². The molecule has 1 atom stereocenters. The number of H-pyrrole nitrogens is 1. The van der Waals surface area contributed by atoms with Gasteiger partial charge >= 0.3 is 0 Å². The second kappa shape index (κ2) is 4.68. The van der Waals surface area contributed by atoms with Gasteiger partial charge in [0.05, 0.1) is 5.69 Å². The van der Waals surface area contributed by atoms with Gasteiger partial charge in [0.1, 0.15) is 0 Å². The number of anilines is 1. The zero-order valence-electron chi connectivity index (χ0n) is 11.2.